The highest BCUT2D eigenvalue weighted by Gasteiger charge is 2.39. The number of rotatable bonds is 3. The average molecular weight is 255 g/mol. The van der Waals surface area contributed by atoms with Crippen molar-refractivity contribution in [3.63, 3.8) is 0 Å². The molecule has 1 aliphatic carbocycles. The molecule has 0 aromatic heterocycles. The number of amides is 1. The van der Waals surface area contributed by atoms with Crippen molar-refractivity contribution in [1.29, 1.82) is 0 Å². The van der Waals surface area contributed by atoms with Crippen LogP contribution in [0.5, 0.6) is 0 Å². The SMILES string of the molecule is O=C(O)C1CCCCC1C(=O)N1CCC(CO)C1. The van der Waals surface area contributed by atoms with E-state index in [1.165, 1.54) is 0 Å². The number of hydrogen-bond acceptors (Lipinski definition) is 3. The van der Waals surface area contributed by atoms with Crippen LogP contribution >= 0.6 is 0 Å². The molecular weight excluding hydrogens is 234 g/mol. The summed E-state index contributed by atoms with van der Waals surface area (Å²) in [6, 6.07) is 0. The molecule has 5 nitrogen and oxygen atoms in total. The molecule has 2 fully saturated rings. The van der Waals surface area contributed by atoms with Gasteiger partial charge in [0.2, 0.25) is 5.91 Å². The van der Waals surface area contributed by atoms with Gasteiger partial charge < -0.3 is 15.1 Å². The fourth-order valence-electron chi connectivity index (χ4n) is 3.14. The van der Waals surface area contributed by atoms with Gasteiger partial charge in [-0.25, -0.2) is 0 Å². The summed E-state index contributed by atoms with van der Waals surface area (Å²) in [6.45, 7) is 1.35. The van der Waals surface area contributed by atoms with Crippen LogP contribution in [0, 0.1) is 17.8 Å². The highest BCUT2D eigenvalue weighted by molar-refractivity contribution is 5.85. The zero-order chi connectivity index (χ0) is 13.1. The molecule has 18 heavy (non-hydrogen) atoms. The normalized spacial score (nSPS) is 32.5. The van der Waals surface area contributed by atoms with Crippen LogP contribution in [0.3, 0.4) is 0 Å². The number of nitrogens with zero attached hydrogens (tertiary/aromatic N) is 1. The molecule has 2 N–H and O–H groups in total. The Kier molecular flexibility index (Phi) is 4.22. The summed E-state index contributed by atoms with van der Waals surface area (Å²) < 4.78 is 0. The molecule has 2 rings (SSSR count). The van der Waals surface area contributed by atoms with Crippen molar-refractivity contribution in [3.8, 4) is 0 Å². The van der Waals surface area contributed by atoms with Gasteiger partial charge in [-0.05, 0) is 19.3 Å². The fraction of sp³-hybridized carbons (Fsp3) is 0.846. The van der Waals surface area contributed by atoms with E-state index < -0.39 is 11.9 Å². The summed E-state index contributed by atoms with van der Waals surface area (Å²) >= 11 is 0. The van der Waals surface area contributed by atoms with E-state index in [0.717, 1.165) is 19.3 Å². The molecule has 0 radical (unpaired) electrons. The van der Waals surface area contributed by atoms with Gasteiger partial charge >= 0.3 is 5.97 Å². The first-order valence-electron chi connectivity index (χ1n) is 6.76. The van der Waals surface area contributed by atoms with E-state index in [-0.39, 0.29) is 24.3 Å². The predicted molar refractivity (Wildman–Crippen MR) is 64.9 cm³/mol. The van der Waals surface area contributed by atoms with Gasteiger partial charge in [-0.15, -0.1) is 0 Å². The molecule has 1 heterocycles. The molecule has 0 aromatic rings. The lowest BCUT2D eigenvalue weighted by Gasteiger charge is -2.31. The number of carbonyl (C=O) groups excluding carboxylic acids is 1. The minimum Gasteiger partial charge on any atom is -0.481 e. The van der Waals surface area contributed by atoms with E-state index in [0.29, 0.717) is 25.9 Å². The lowest BCUT2D eigenvalue weighted by atomic mass is 9.78. The number of likely N-dealkylation sites (tertiary alicyclic amines) is 1. The Bertz CT molecular complexity index is 331. The maximum atomic E-state index is 12.4. The number of aliphatic hydroxyl groups is 1. The Morgan fingerprint density at radius 2 is 1.78 bits per heavy atom. The van der Waals surface area contributed by atoms with Crippen molar-refractivity contribution in [1.82, 2.24) is 4.90 Å². The van der Waals surface area contributed by atoms with Crippen molar-refractivity contribution in [2.24, 2.45) is 17.8 Å². The van der Waals surface area contributed by atoms with Gasteiger partial charge in [-0.2, -0.15) is 0 Å². The summed E-state index contributed by atoms with van der Waals surface area (Å²) in [5, 5.41) is 18.3. The molecule has 0 spiro atoms. The van der Waals surface area contributed by atoms with Crippen molar-refractivity contribution < 1.29 is 19.8 Å². The number of aliphatic hydroxyl groups excluding tert-OH is 1. The minimum absolute atomic E-state index is 0.0157. The van der Waals surface area contributed by atoms with E-state index in [1.807, 2.05) is 0 Å². The Morgan fingerprint density at radius 1 is 1.11 bits per heavy atom. The largest absolute Gasteiger partial charge is 0.481 e. The monoisotopic (exact) mass is 255 g/mol. The van der Waals surface area contributed by atoms with E-state index in [1.54, 1.807) is 4.90 Å². The summed E-state index contributed by atoms with van der Waals surface area (Å²) in [5.41, 5.74) is 0. The standard InChI is InChI=1S/C13H21NO4/c15-8-9-5-6-14(7-9)12(16)10-3-1-2-4-11(10)13(17)18/h9-11,15H,1-8H2,(H,17,18). The predicted octanol–water partition coefficient (Wildman–Crippen LogP) is 0.718. The first-order valence-corrected chi connectivity index (χ1v) is 6.76. The molecule has 0 bridgehead atoms. The molecule has 1 amide bonds. The molecule has 102 valence electrons. The number of aliphatic carboxylic acids is 1. The third-order valence-electron chi connectivity index (χ3n) is 4.26. The molecule has 5 heteroatoms. The number of hydrogen-bond donors (Lipinski definition) is 2. The van der Waals surface area contributed by atoms with Crippen LogP contribution in [-0.4, -0.2) is 46.7 Å². The van der Waals surface area contributed by atoms with Crippen LogP contribution in [0.2, 0.25) is 0 Å². The molecule has 1 aliphatic heterocycles. The van der Waals surface area contributed by atoms with E-state index in [2.05, 4.69) is 0 Å². The van der Waals surface area contributed by atoms with Crippen molar-refractivity contribution in [2.45, 2.75) is 32.1 Å². The minimum atomic E-state index is -0.842. The number of carboxylic acid groups (broad SMARTS) is 1. The highest BCUT2D eigenvalue weighted by Crippen LogP contribution is 2.33. The molecule has 2 aliphatic rings. The van der Waals surface area contributed by atoms with Gasteiger partial charge in [0, 0.05) is 25.6 Å². The highest BCUT2D eigenvalue weighted by atomic mass is 16.4. The second-order valence-corrected chi connectivity index (χ2v) is 5.46. The van der Waals surface area contributed by atoms with Crippen molar-refractivity contribution >= 4 is 11.9 Å². The van der Waals surface area contributed by atoms with E-state index in [9.17, 15) is 14.7 Å². The van der Waals surface area contributed by atoms with Crippen LogP contribution in [-0.2, 0) is 9.59 Å². The fourth-order valence-corrected chi connectivity index (χ4v) is 3.14. The lowest BCUT2D eigenvalue weighted by Crippen LogP contribution is -2.41. The topological polar surface area (TPSA) is 77.8 Å². The van der Waals surface area contributed by atoms with Gasteiger partial charge in [0.05, 0.1) is 11.8 Å². The second-order valence-electron chi connectivity index (χ2n) is 5.46. The van der Waals surface area contributed by atoms with Gasteiger partial charge in [0.15, 0.2) is 0 Å². The zero-order valence-corrected chi connectivity index (χ0v) is 10.5. The number of carbonyl (C=O) groups is 2. The smallest absolute Gasteiger partial charge is 0.307 e. The molecule has 3 unspecified atom stereocenters. The molecule has 0 aromatic carbocycles. The van der Waals surface area contributed by atoms with Gasteiger partial charge in [-0.1, -0.05) is 12.8 Å². The summed E-state index contributed by atoms with van der Waals surface area (Å²) in [6.07, 6.45) is 3.98. The first kappa shape index (κ1) is 13.3. The van der Waals surface area contributed by atoms with Crippen molar-refractivity contribution in [3.05, 3.63) is 0 Å². The molecular formula is C13H21NO4. The molecule has 3 atom stereocenters. The van der Waals surface area contributed by atoms with Gasteiger partial charge in [0.25, 0.3) is 0 Å². The second kappa shape index (κ2) is 5.69. The van der Waals surface area contributed by atoms with Crippen LogP contribution in [0.15, 0.2) is 0 Å². The Morgan fingerprint density at radius 3 is 2.33 bits per heavy atom. The Balaban J connectivity index is 2.00. The maximum Gasteiger partial charge on any atom is 0.307 e. The Labute approximate surface area is 107 Å². The number of carboxylic acids is 1. The van der Waals surface area contributed by atoms with Crippen LogP contribution < -0.4 is 0 Å². The Hall–Kier alpha value is -1.10. The third kappa shape index (κ3) is 2.66. The van der Waals surface area contributed by atoms with E-state index >= 15 is 0 Å². The van der Waals surface area contributed by atoms with Gasteiger partial charge in [0.1, 0.15) is 0 Å². The molecule has 1 saturated carbocycles. The summed E-state index contributed by atoms with van der Waals surface area (Å²) in [5.74, 6) is -1.56. The third-order valence-corrected chi connectivity index (χ3v) is 4.26. The van der Waals surface area contributed by atoms with Gasteiger partial charge in [-0.3, -0.25) is 9.59 Å². The van der Waals surface area contributed by atoms with Crippen LogP contribution in [0.25, 0.3) is 0 Å². The van der Waals surface area contributed by atoms with Crippen molar-refractivity contribution in [2.75, 3.05) is 19.7 Å². The van der Waals surface area contributed by atoms with E-state index in [4.69, 9.17) is 5.11 Å². The van der Waals surface area contributed by atoms with Crippen LogP contribution in [0.1, 0.15) is 32.1 Å². The summed E-state index contributed by atoms with van der Waals surface area (Å²) in [4.78, 5) is 25.3. The first-order chi connectivity index (χ1) is 8.63. The average Bonchev–Trinajstić information content (AvgIpc) is 2.86. The maximum absolute atomic E-state index is 12.4. The molecule has 1 saturated heterocycles. The lowest BCUT2D eigenvalue weighted by molar-refractivity contribution is -0.152. The zero-order valence-electron chi connectivity index (χ0n) is 10.5. The quantitative estimate of drug-likeness (QED) is 0.779. The summed E-state index contributed by atoms with van der Waals surface area (Å²) in [7, 11) is 0. The van der Waals surface area contributed by atoms with Crippen LogP contribution in [0.4, 0.5) is 0 Å².